The third-order valence-electron chi connectivity index (χ3n) is 4.86. The van der Waals surface area contributed by atoms with Gasteiger partial charge in [0.1, 0.15) is 4.90 Å². The number of aromatic hydroxyl groups is 3. The molecule has 0 saturated carbocycles. The molecule has 6 nitrogen and oxygen atoms in total. The molecule has 0 spiro atoms. The van der Waals surface area contributed by atoms with Crippen molar-refractivity contribution in [1.82, 2.24) is 0 Å². The Bertz CT molecular complexity index is 1170. The normalized spacial score (nSPS) is 12.1. The van der Waals surface area contributed by atoms with E-state index in [9.17, 15) is 23.7 Å². The Morgan fingerprint density at radius 2 is 1.41 bits per heavy atom. The molecule has 0 aromatic heterocycles. The van der Waals surface area contributed by atoms with Crippen LogP contribution in [-0.2, 0) is 10.0 Å². The third kappa shape index (κ3) is 3.58. The van der Waals surface area contributed by atoms with Gasteiger partial charge in [-0.2, -0.15) is 0 Å². The summed E-state index contributed by atoms with van der Waals surface area (Å²) in [4.78, 5) is -0.446. The molecule has 0 unspecified atom stereocenters. The van der Waals surface area contributed by atoms with Crippen molar-refractivity contribution < 1.29 is 23.7 Å². The molecule has 0 fully saturated rings. The second kappa shape index (κ2) is 7.48. The van der Waals surface area contributed by atoms with Crippen LogP contribution in [0.15, 0.2) is 53.4 Å². The highest BCUT2D eigenvalue weighted by Gasteiger charge is 2.33. The van der Waals surface area contributed by atoms with E-state index >= 15 is 0 Å². The van der Waals surface area contributed by atoms with Gasteiger partial charge < -0.3 is 15.3 Å². The fourth-order valence-electron chi connectivity index (χ4n) is 3.41. The van der Waals surface area contributed by atoms with Crippen molar-refractivity contribution in [2.75, 3.05) is 4.31 Å². The largest absolute Gasteiger partial charge is 0.504 e. The van der Waals surface area contributed by atoms with Gasteiger partial charge in [0.05, 0.1) is 5.69 Å². The summed E-state index contributed by atoms with van der Waals surface area (Å²) in [6.07, 6.45) is 0. The number of sulfonamides is 1. The number of fused-ring (bicyclic) bond motifs is 1. The van der Waals surface area contributed by atoms with Gasteiger partial charge in [-0.3, -0.25) is 4.31 Å². The van der Waals surface area contributed by atoms with Gasteiger partial charge >= 0.3 is 0 Å². The first-order valence-corrected chi connectivity index (χ1v) is 10.8. The molecule has 7 heteroatoms. The number of hydrogen-bond donors (Lipinski definition) is 3. The maximum Gasteiger partial charge on any atom is 0.268 e. The monoisotopic (exact) mass is 415 g/mol. The first-order chi connectivity index (χ1) is 13.6. The number of phenolic OH excluding ortho intramolecular Hbond substituents is 3. The Kier molecular flexibility index (Phi) is 5.36. The van der Waals surface area contributed by atoms with E-state index in [4.69, 9.17) is 0 Å². The first-order valence-electron chi connectivity index (χ1n) is 9.36. The van der Waals surface area contributed by atoms with Gasteiger partial charge in [-0.25, -0.2) is 8.42 Å². The highest BCUT2D eigenvalue weighted by Crippen LogP contribution is 2.46. The van der Waals surface area contributed by atoms with E-state index in [1.807, 2.05) is 30.3 Å². The van der Waals surface area contributed by atoms with Crippen LogP contribution in [0.2, 0.25) is 0 Å². The average molecular weight is 416 g/mol. The van der Waals surface area contributed by atoms with Crippen molar-refractivity contribution in [3.63, 3.8) is 0 Å². The van der Waals surface area contributed by atoms with E-state index in [2.05, 4.69) is 0 Å². The lowest BCUT2D eigenvalue weighted by molar-refractivity contribution is 0.356. The van der Waals surface area contributed by atoms with Crippen LogP contribution in [0.3, 0.4) is 0 Å². The van der Waals surface area contributed by atoms with Crippen molar-refractivity contribution in [2.24, 2.45) is 0 Å². The highest BCUT2D eigenvalue weighted by atomic mass is 32.2. The maximum atomic E-state index is 13.5. The molecule has 0 radical (unpaired) electrons. The van der Waals surface area contributed by atoms with E-state index in [1.165, 1.54) is 10.4 Å². The Balaban J connectivity index is 2.24. The van der Waals surface area contributed by atoms with Gasteiger partial charge in [-0.15, -0.1) is 0 Å². The third-order valence-corrected chi connectivity index (χ3v) is 6.87. The van der Waals surface area contributed by atoms with E-state index < -0.39 is 38.2 Å². The van der Waals surface area contributed by atoms with Crippen LogP contribution < -0.4 is 4.31 Å². The molecule has 0 atom stereocenters. The molecule has 29 heavy (non-hydrogen) atoms. The van der Waals surface area contributed by atoms with Crippen LogP contribution in [0.1, 0.15) is 39.2 Å². The van der Waals surface area contributed by atoms with Crippen molar-refractivity contribution in [3.05, 3.63) is 54.1 Å². The summed E-state index contributed by atoms with van der Waals surface area (Å²) in [5.41, 5.74) is 0.679. The molecule has 0 saturated heterocycles. The average Bonchev–Trinajstić information content (AvgIpc) is 2.65. The molecule has 154 valence electrons. The van der Waals surface area contributed by atoms with E-state index in [1.54, 1.807) is 39.8 Å². The second-order valence-electron chi connectivity index (χ2n) is 7.59. The predicted molar refractivity (Wildman–Crippen MR) is 114 cm³/mol. The summed E-state index contributed by atoms with van der Waals surface area (Å²) in [6, 6.07) is 13.7. The van der Waals surface area contributed by atoms with Gasteiger partial charge in [0.25, 0.3) is 10.0 Å². The minimum Gasteiger partial charge on any atom is -0.504 e. The fraction of sp³-hybridized carbons (Fsp3) is 0.273. The van der Waals surface area contributed by atoms with Gasteiger partial charge in [0, 0.05) is 11.6 Å². The summed E-state index contributed by atoms with van der Waals surface area (Å²) < 4.78 is 28.3. The van der Waals surface area contributed by atoms with Gasteiger partial charge in [-0.1, -0.05) is 44.2 Å². The lowest BCUT2D eigenvalue weighted by atomic mass is 10.0. The van der Waals surface area contributed by atoms with Crippen molar-refractivity contribution in [2.45, 2.75) is 44.6 Å². The van der Waals surface area contributed by atoms with Crippen LogP contribution in [-0.4, -0.2) is 29.8 Å². The topological polar surface area (TPSA) is 98.1 Å². The van der Waals surface area contributed by atoms with Crippen molar-refractivity contribution >= 4 is 26.5 Å². The SMILES string of the molecule is CC(C)c1cc(S(=O)(=O)N(c2ccc3ccccc3c2)C(C)C)c(O)c(O)c1O. The van der Waals surface area contributed by atoms with Crippen LogP contribution in [0.5, 0.6) is 17.2 Å². The summed E-state index contributed by atoms with van der Waals surface area (Å²) in [5, 5.41) is 32.4. The van der Waals surface area contributed by atoms with Crippen molar-refractivity contribution in [1.29, 1.82) is 0 Å². The highest BCUT2D eigenvalue weighted by molar-refractivity contribution is 7.93. The Labute approximate surface area is 170 Å². The Morgan fingerprint density at radius 1 is 0.793 bits per heavy atom. The lowest BCUT2D eigenvalue weighted by Gasteiger charge is -2.29. The predicted octanol–water partition coefficient (Wildman–Crippen LogP) is 4.68. The van der Waals surface area contributed by atoms with E-state index in [0.29, 0.717) is 5.69 Å². The lowest BCUT2D eigenvalue weighted by Crippen LogP contribution is -2.37. The number of anilines is 1. The molecule has 0 heterocycles. The smallest absolute Gasteiger partial charge is 0.268 e. The summed E-state index contributed by atoms with van der Waals surface area (Å²) in [6.45, 7) is 6.97. The molecule has 0 aliphatic rings. The molecule has 3 aromatic carbocycles. The molecule has 3 aromatic rings. The number of phenols is 3. The fourth-order valence-corrected chi connectivity index (χ4v) is 5.19. The van der Waals surface area contributed by atoms with Gasteiger partial charge in [0.2, 0.25) is 5.75 Å². The molecule has 0 bridgehead atoms. The summed E-state index contributed by atoms with van der Waals surface area (Å²) in [5.74, 6) is -2.47. The summed E-state index contributed by atoms with van der Waals surface area (Å²) >= 11 is 0. The summed E-state index contributed by atoms with van der Waals surface area (Å²) in [7, 11) is -4.24. The Morgan fingerprint density at radius 3 is 2.00 bits per heavy atom. The first kappa shape index (κ1) is 20.8. The zero-order valence-electron chi connectivity index (χ0n) is 16.8. The molecule has 0 aliphatic carbocycles. The number of hydrogen-bond acceptors (Lipinski definition) is 5. The standard InChI is InChI=1S/C22H25NO5S/c1-13(2)18-12-19(21(25)22(26)20(18)24)29(27,28)23(14(3)4)17-10-9-15-7-5-6-8-16(15)11-17/h5-14,24-26H,1-4H3. The van der Waals surface area contributed by atoms with Crippen LogP contribution in [0.25, 0.3) is 10.8 Å². The van der Waals surface area contributed by atoms with E-state index in [0.717, 1.165) is 10.8 Å². The van der Waals surface area contributed by atoms with Crippen LogP contribution in [0.4, 0.5) is 5.69 Å². The number of rotatable bonds is 5. The molecule has 3 rings (SSSR count). The number of benzene rings is 3. The molecular formula is C22H25NO5S. The quantitative estimate of drug-likeness (QED) is 0.526. The Hall–Kier alpha value is -2.93. The molecule has 0 amide bonds. The molecule has 3 N–H and O–H groups in total. The number of nitrogens with zero attached hydrogens (tertiary/aromatic N) is 1. The molecular weight excluding hydrogens is 390 g/mol. The molecule has 0 aliphatic heterocycles. The zero-order chi connectivity index (χ0) is 21.5. The maximum absolute atomic E-state index is 13.5. The van der Waals surface area contributed by atoms with Gasteiger partial charge in [-0.05, 0) is 48.7 Å². The van der Waals surface area contributed by atoms with Crippen LogP contribution >= 0.6 is 0 Å². The van der Waals surface area contributed by atoms with E-state index in [-0.39, 0.29) is 11.5 Å². The zero-order valence-corrected chi connectivity index (χ0v) is 17.6. The van der Waals surface area contributed by atoms with Crippen LogP contribution in [0, 0.1) is 0 Å². The minimum absolute atomic E-state index is 0.237. The second-order valence-corrected chi connectivity index (χ2v) is 9.37. The van der Waals surface area contributed by atoms with Crippen molar-refractivity contribution in [3.8, 4) is 17.2 Å². The minimum atomic E-state index is -4.24. The van der Waals surface area contributed by atoms with Gasteiger partial charge in [0.15, 0.2) is 11.5 Å².